The lowest BCUT2D eigenvalue weighted by Gasteiger charge is -2.30. The maximum Gasteiger partial charge on any atom is 0.184 e. The Morgan fingerprint density at radius 1 is 1.28 bits per heavy atom. The molecule has 4 heterocycles. The van der Waals surface area contributed by atoms with E-state index in [1.54, 1.807) is 22.2 Å². The lowest BCUT2D eigenvalue weighted by molar-refractivity contribution is -0.0379. The summed E-state index contributed by atoms with van der Waals surface area (Å²) < 4.78 is 7.70. The van der Waals surface area contributed by atoms with Crippen molar-refractivity contribution in [3.05, 3.63) is 41.0 Å². The molecule has 0 radical (unpaired) electrons. The predicted molar refractivity (Wildman–Crippen MR) is 98.6 cm³/mol. The number of hydrogen-bond donors (Lipinski definition) is 1. The summed E-state index contributed by atoms with van der Waals surface area (Å²) in [5, 5.41) is 5.69. The molecule has 0 fully saturated rings. The van der Waals surface area contributed by atoms with E-state index in [4.69, 9.17) is 15.5 Å². The van der Waals surface area contributed by atoms with E-state index in [1.807, 2.05) is 24.3 Å². The van der Waals surface area contributed by atoms with Crippen LogP contribution < -0.4 is 5.73 Å². The molecule has 0 unspecified atom stereocenters. The van der Waals surface area contributed by atoms with Crippen molar-refractivity contribution in [2.24, 2.45) is 0 Å². The quantitative estimate of drug-likeness (QED) is 0.532. The molecule has 4 aromatic rings. The molecule has 25 heavy (non-hydrogen) atoms. The van der Waals surface area contributed by atoms with Gasteiger partial charge in [-0.05, 0) is 31.5 Å². The van der Waals surface area contributed by atoms with Crippen LogP contribution in [0.25, 0.3) is 27.3 Å². The first-order valence-electron chi connectivity index (χ1n) is 8.16. The zero-order valence-corrected chi connectivity index (χ0v) is 14.8. The Morgan fingerprint density at radius 2 is 2.12 bits per heavy atom. The summed E-state index contributed by atoms with van der Waals surface area (Å²) >= 11 is 1.68. The molecule has 7 heteroatoms. The number of nitrogen functional groups attached to an aromatic ring is 1. The van der Waals surface area contributed by atoms with Crippen molar-refractivity contribution in [1.29, 1.82) is 0 Å². The Morgan fingerprint density at radius 3 is 2.96 bits per heavy atom. The molecule has 126 valence electrons. The first kappa shape index (κ1) is 14.8. The van der Waals surface area contributed by atoms with Gasteiger partial charge in [0.1, 0.15) is 11.2 Å². The van der Waals surface area contributed by atoms with Gasteiger partial charge < -0.3 is 10.5 Å². The topological polar surface area (TPSA) is 78.3 Å². The Labute approximate surface area is 148 Å². The Hall–Kier alpha value is -2.51. The summed E-state index contributed by atoms with van der Waals surface area (Å²) in [4.78, 5) is 11.6. The Bertz CT molecular complexity index is 1130. The number of para-hydroxylation sites is 1. The number of nitrogens with two attached hydrogens (primary N) is 1. The van der Waals surface area contributed by atoms with Crippen LogP contribution >= 0.6 is 11.3 Å². The van der Waals surface area contributed by atoms with Crippen molar-refractivity contribution < 1.29 is 4.74 Å². The lowest BCUT2D eigenvalue weighted by atomic mass is 9.94. The number of rotatable bonds is 1. The fraction of sp³-hybridized carbons (Fsp3) is 0.278. The summed E-state index contributed by atoms with van der Waals surface area (Å²) in [5.74, 6) is 0.624. The van der Waals surface area contributed by atoms with Gasteiger partial charge in [0.15, 0.2) is 11.5 Å². The predicted octanol–water partition coefficient (Wildman–Crippen LogP) is 3.44. The van der Waals surface area contributed by atoms with Gasteiger partial charge in [-0.2, -0.15) is 0 Å². The van der Waals surface area contributed by atoms with E-state index in [9.17, 15) is 0 Å². The molecular formula is C18H17N5OS. The van der Waals surface area contributed by atoms with Crippen molar-refractivity contribution >= 4 is 32.9 Å². The minimum Gasteiger partial charge on any atom is -0.398 e. The molecule has 6 nitrogen and oxygen atoms in total. The van der Waals surface area contributed by atoms with Gasteiger partial charge in [0.2, 0.25) is 0 Å². The fourth-order valence-electron chi connectivity index (χ4n) is 3.36. The third-order valence-electron chi connectivity index (χ3n) is 4.61. The molecule has 1 aliphatic rings. The molecular weight excluding hydrogens is 334 g/mol. The molecule has 2 N–H and O–H groups in total. The summed E-state index contributed by atoms with van der Waals surface area (Å²) in [7, 11) is 0. The molecule has 1 aromatic carbocycles. The smallest absolute Gasteiger partial charge is 0.184 e. The van der Waals surface area contributed by atoms with Crippen LogP contribution in [0, 0.1) is 0 Å². The third kappa shape index (κ3) is 2.23. The van der Waals surface area contributed by atoms with Gasteiger partial charge in [0.05, 0.1) is 17.6 Å². The van der Waals surface area contributed by atoms with Crippen molar-refractivity contribution in [2.75, 3.05) is 5.73 Å². The van der Waals surface area contributed by atoms with E-state index < -0.39 is 0 Å². The van der Waals surface area contributed by atoms with Gasteiger partial charge in [-0.25, -0.2) is 14.5 Å². The number of ether oxygens (including phenoxy) is 1. The van der Waals surface area contributed by atoms with E-state index in [-0.39, 0.29) is 5.60 Å². The highest BCUT2D eigenvalue weighted by Crippen LogP contribution is 2.39. The van der Waals surface area contributed by atoms with Gasteiger partial charge in [-0.1, -0.05) is 12.1 Å². The number of hydrogen-bond acceptors (Lipinski definition) is 6. The molecule has 0 saturated heterocycles. The van der Waals surface area contributed by atoms with Crippen molar-refractivity contribution in [3.8, 4) is 11.4 Å². The molecule has 0 saturated carbocycles. The first-order valence-corrected chi connectivity index (χ1v) is 8.98. The molecule has 0 amide bonds. The molecule has 0 spiro atoms. The van der Waals surface area contributed by atoms with E-state index in [1.165, 1.54) is 10.4 Å². The summed E-state index contributed by atoms with van der Waals surface area (Å²) in [6.45, 7) is 4.86. The number of aromatic nitrogens is 4. The minimum atomic E-state index is -0.180. The number of anilines is 1. The van der Waals surface area contributed by atoms with Gasteiger partial charge in [0.25, 0.3) is 0 Å². The standard InChI is InChI=1S/C18H17N5OS/c1-18(2)7-11-13(8-24-18)25-17-14(11)16-21-15(22-23(16)9-20-17)10-5-3-4-6-12(10)19/h3-6,9H,7-8,19H2,1-2H3. The minimum absolute atomic E-state index is 0.180. The second-order valence-electron chi connectivity index (χ2n) is 6.94. The maximum absolute atomic E-state index is 6.09. The lowest BCUT2D eigenvalue weighted by Crippen LogP contribution is -2.31. The van der Waals surface area contributed by atoms with Crippen LogP contribution in [-0.2, 0) is 17.8 Å². The zero-order chi connectivity index (χ0) is 17.2. The van der Waals surface area contributed by atoms with E-state index in [0.717, 1.165) is 27.8 Å². The van der Waals surface area contributed by atoms with E-state index in [0.29, 0.717) is 18.1 Å². The SMILES string of the molecule is CC1(C)Cc2c(sc3ncn4nc(-c5ccccc5N)nc4c23)CO1. The normalized spacial score (nSPS) is 16.4. The monoisotopic (exact) mass is 351 g/mol. The molecule has 3 aromatic heterocycles. The van der Waals surface area contributed by atoms with Crippen LogP contribution in [-0.4, -0.2) is 25.2 Å². The number of nitrogens with zero attached hydrogens (tertiary/aromatic N) is 4. The van der Waals surface area contributed by atoms with Crippen LogP contribution in [0.3, 0.4) is 0 Å². The average molecular weight is 351 g/mol. The fourth-order valence-corrected chi connectivity index (χ4v) is 4.42. The summed E-state index contributed by atoms with van der Waals surface area (Å²) in [6, 6.07) is 7.65. The Kier molecular flexibility index (Phi) is 2.96. The largest absolute Gasteiger partial charge is 0.398 e. The number of thiophene rings is 1. The molecule has 0 atom stereocenters. The maximum atomic E-state index is 6.09. The van der Waals surface area contributed by atoms with Crippen LogP contribution in [0.2, 0.25) is 0 Å². The highest BCUT2D eigenvalue weighted by atomic mass is 32.1. The van der Waals surface area contributed by atoms with Crippen molar-refractivity contribution in [1.82, 2.24) is 19.6 Å². The molecule has 5 rings (SSSR count). The number of fused-ring (bicyclic) bond motifs is 5. The van der Waals surface area contributed by atoms with Gasteiger partial charge in [-0.15, -0.1) is 16.4 Å². The van der Waals surface area contributed by atoms with Gasteiger partial charge in [-0.3, -0.25) is 0 Å². The third-order valence-corrected chi connectivity index (χ3v) is 5.72. The van der Waals surface area contributed by atoms with E-state index >= 15 is 0 Å². The molecule has 0 bridgehead atoms. The van der Waals surface area contributed by atoms with Gasteiger partial charge in [0, 0.05) is 22.5 Å². The highest BCUT2D eigenvalue weighted by Gasteiger charge is 2.30. The van der Waals surface area contributed by atoms with Crippen LogP contribution in [0.4, 0.5) is 5.69 Å². The Balaban J connectivity index is 1.78. The zero-order valence-electron chi connectivity index (χ0n) is 14.0. The second kappa shape index (κ2) is 5.00. The van der Waals surface area contributed by atoms with Crippen LogP contribution in [0.1, 0.15) is 24.3 Å². The van der Waals surface area contributed by atoms with Crippen LogP contribution in [0.15, 0.2) is 30.6 Å². The van der Waals surface area contributed by atoms with Crippen LogP contribution in [0.5, 0.6) is 0 Å². The molecule has 0 aliphatic carbocycles. The van der Waals surface area contributed by atoms with Crippen molar-refractivity contribution in [2.45, 2.75) is 32.5 Å². The number of benzene rings is 1. The second-order valence-corrected chi connectivity index (χ2v) is 8.03. The van der Waals surface area contributed by atoms with Gasteiger partial charge >= 0.3 is 0 Å². The average Bonchev–Trinajstić information content (AvgIpc) is 3.14. The molecule has 1 aliphatic heterocycles. The summed E-state index contributed by atoms with van der Waals surface area (Å²) in [5.41, 5.74) is 9.54. The van der Waals surface area contributed by atoms with E-state index in [2.05, 4.69) is 23.9 Å². The highest BCUT2D eigenvalue weighted by molar-refractivity contribution is 7.19. The summed E-state index contributed by atoms with van der Waals surface area (Å²) in [6.07, 6.45) is 2.57. The van der Waals surface area contributed by atoms with Crippen molar-refractivity contribution in [3.63, 3.8) is 0 Å². The first-order chi connectivity index (χ1) is 12.0.